The molecule has 3 rings (SSSR count). The van der Waals surface area contributed by atoms with Crippen LogP contribution in [0.2, 0.25) is 0 Å². The summed E-state index contributed by atoms with van der Waals surface area (Å²) in [5.74, 6) is 2.41. The van der Waals surface area contributed by atoms with Crippen molar-refractivity contribution in [3.8, 4) is 11.4 Å². The molecule has 0 atom stereocenters. The van der Waals surface area contributed by atoms with Crippen LogP contribution in [0, 0.1) is 0 Å². The van der Waals surface area contributed by atoms with Gasteiger partial charge in [0.05, 0.1) is 12.1 Å². The van der Waals surface area contributed by atoms with E-state index in [0.29, 0.717) is 0 Å². The maximum Gasteiger partial charge on any atom is 0.352 e. The van der Waals surface area contributed by atoms with Crippen molar-refractivity contribution in [3.05, 3.63) is 33.6 Å². The molecule has 0 N–H and O–H groups in total. The zero-order valence-electron chi connectivity index (χ0n) is 18.1. The molecule has 0 saturated heterocycles. The summed E-state index contributed by atoms with van der Waals surface area (Å²) in [4.78, 5) is 5.16. The smallest absolute Gasteiger partial charge is 0.177 e. The van der Waals surface area contributed by atoms with E-state index in [2.05, 4.69) is 64.8 Å². The van der Waals surface area contributed by atoms with Gasteiger partial charge in [-0.25, -0.2) is 0 Å². The highest BCUT2D eigenvalue weighted by molar-refractivity contribution is 5.73. The molecule has 0 saturated carbocycles. The molecule has 0 fully saturated rings. The Morgan fingerprint density at radius 3 is 1.77 bits per heavy atom. The Morgan fingerprint density at radius 1 is 0.769 bits per heavy atom. The number of fused-ring (bicyclic) bond motifs is 3. The third-order valence-corrected chi connectivity index (χ3v) is 6.32. The summed E-state index contributed by atoms with van der Waals surface area (Å²) in [6.07, 6.45) is 5.40. The van der Waals surface area contributed by atoms with Crippen molar-refractivity contribution in [3.63, 3.8) is 0 Å². The Labute approximate surface area is 159 Å². The molecule has 0 radical (unpaired) electrons. The van der Waals surface area contributed by atoms with Crippen LogP contribution < -0.4 is 4.68 Å². The Bertz CT molecular complexity index is 840. The number of hydrogen-bond donors (Lipinski definition) is 0. The number of aromatic nitrogens is 3. The van der Waals surface area contributed by atoms with Gasteiger partial charge in [-0.1, -0.05) is 34.6 Å². The van der Waals surface area contributed by atoms with Gasteiger partial charge in [0.2, 0.25) is 0 Å². The van der Waals surface area contributed by atoms with E-state index in [4.69, 9.17) is 4.98 Å². The molecule has 2 heterocycles. The van der Waals surface area contributed by atoms with Gasteiger partial charge in [0.1, 0.15) is 0 Å². The van der Waals surface area contributed by atoms with E-state index in [1.807, 2.05) is 0 Å². The Kier molecular flexibility index (Phi) is 5.02. The summed E-state index contributed by atoms with van der Waals surface area (Å²) >= 11 is 0. The summed E-state index contributed by atoms with van der Waals surface area (Å²) in [6, 6.07) is 0. The van der Waals surface area contributed by atoms with Gasteiger partial charge in [-0.15, -0.1) is 4.68 Å². The van der Waals surface area contributed by atoms with Gasteiger partial charge < -0.3 is 0 Å². The molecule has 0 unspecified atom stereocenters. The summed E-state index contributed by atoms with van der Waals surface area (Å²) in [5, 5.41) is 0. The quantitative estimate of drug-likeness (QED) is 0.685. The Balaban J connectivity index is 2.52. The minimum absolute atomic E-state index is 0.0491. The number of hydrogen-bond acceptors (Lipinski definition) is 1. The number of benzene rings is 1. The van der Waals surface area contributed by atoms with E-state index >= 15 is 0 Å². The van der Waals surface area contributed by atoms with E-state index in [9.17, 15) is 0 Å². The van der Waals surface area contributed by atoms with E-state index < -0.39 is 0 Å². The molecule has 1 aliphatic heterocycles. The third kappa shape index (κ3) is 2.32. The number of rotatable bonds is 6. The van der Waals surface area contributed by atoms with Gasteiger partial charge in [0, 0.05) is 12.0 Å². The molecular formula is C23H36N3+. The molecule has 0 bridgehead atoms. The van der Waals surface area contributed by atoms with Crippen LogP contribution >= 0.6 is 0 Å². The van der Waals surface area contributed by atoms with Gasteiger partial charge in [-0.2, -0.15) is 4.68 Å². The lowest BCUT2D eigenvalue weighted by Crippen LogP contribution is -2.57. The van der Waals surface area contributed by atoms with Gasteiger partial charge in [0.25, 0.3) is 5.82 Å². The van der Waals surface area contributed by atoms with Crippen LogP contribution in [0.1, 0.15) is 89.0 Å². The molecule has 1 aliphatic rings. The predicted octanol–water partition coefficient (Wildman–Crippen LogP) is 4.77. The predicted molar refractivity (Wildman–Crippen MR) is 109 cm³/mol. The first-order chi connectivity index (χ1) is 12.4. The van der Waals surface area contributed by atoms with Crippen molar-refractivity contribution in [2.24, 2.45) is 0 Å². The monoisotopic (exact) mass is 354 g/mol. The molecule has 142 valence electrons. The minimum Gasteiger partial charge on any atom is -0.177 e. The normalized spacial score (nSPS) is 14.6. The van der Waals surface area contributed by atoms with Crippen molar-refractivity contribution in [2.75, 3.05) is 0 Å². The maximum atomic E-state index is 5.16. The molecule has 3 heteroatoms. The van der Waals surface area contributed by atoms with Crippen molar-refractivity contribution in [1.29, 1.82) is 0 Å². The standard InChI is InChI=1S/C23H36N3/c1-9-15-16(10-2)18(12-4)21-20(17(15)11-3)22-24-19(13-5)25(14-6)26(22)23(21,7)8/h9-14H2,1-8H3/q+1. The largest absolute Gasteiger partial charge is 0.352 e. The summed E-state index contributed by atoms with van der Waals surface area (Å²) in [5.41, 5.74) is 9.24. The second kappa shape index (κ2) is 6.83. The van der Waals surface area contributed by atoms with Crippen LogP contribution in [-0.4, -0.2) is 9.67 Å². The minimum atomic E-state index is -0.0491. The van der Waals surface area contributed by atoms with E-state index in [0.717, 1.165) is 38.6 Å². The second-order valence-corrected chi connectivity index (χ2v) is 7.87. The summed E-state index contributed by atoms with van der Waals surface area (Å²) < 4.78 is 4.90. The number of aryl methyl sites for hydroxylation is 1. The highest BCUT2D eigenvalue weighted by atomic mass is 15.5. The molecule has 2 aromatic rings. The van der Waals surface area contributed by atoms with Crippen molar-refractivity contribution in [1.82, 2.24) is 9.67 Å². The fraction of sp³-hybridized carbons (Fsp3) is 0.652. The summed E-state index contributed by atoms with van der Waals surface area (Å²) in [7, 11) is 0. The van der Waals surface area contributed by atoms with Crippen LogP contribution in [0.4, 0.5) is 0 Å². The van der Waals surface area contributed by atoms with Crippen LogP contribution in [0.5, 0.6) is 0 Å². The highest BCUT2D eigenvalue weighted by Gasteiger charge is 2.50. The SMILES string of the molecule is CCc1c(CC)c(CC)c2c(c1CC)-c1nc(CC)n(CC)[n+]1C2(C)C. The van der Waals surface area contributed by atoms with E-state index in [-0.39, 0.29) is 5.54 Å². The lowest BCUT2D eigenvalue weighted by molar-refractivity contribution is -0.806. The molecule has 3 nitrogen and oxygen atoms in total. The van der Waals surface area contributed by atoms with Crippen LogP contribution in [0.15, 0.2) is 0 Å². The topological polar surface area (TPSA) is 21.7 Å². The van der Waals surface area contributed by atoms with Crippen LogP contribution in [0.25, 0.3) is 11.4 Å². The van der Waals surface area contributed by atoms with Crippen LogP contribution in [-0.2, 0) is 44.2 Å². The van der Waals surface area contributed by atoms with Crippen LogP contribution in [0.3, 0.4) is 0 Å². The Morgan fingerprint density at radius 2 is 1.31 bits per heavy atom. The zero-order valence-corrected chi connectivity index (χ0v) is 18.1. The summed E-state index contributed by atoms with van der Waals surface area (Å²) in [6.45, 7) is 19.5. The highest BCUT2D eigenvalue weighted by Crippen LogP contribution is 2.45. The lowest BCUT2D eigenvalue weighted by Gasteiger charge is -2.26. The van der Waals surface area contributed by atoms with Crippen molar-refractivity contribution in [2.45, 2.75) is 99.6 Å². The van der Waals surface area contributed by atoms with Crippen molar-refractivity contribution < 1.29 is 4.68 Å². The molecular weight excluding hydrogens is 318 g/mol. The van der Waals surface area contributed by atoms with Gasteiger partial charge in [0.15, 0.2) is 5.54 Å². The first-order valence-corrected chi connectivity index (χ1v) is 10.6. The molecule has 1 aromatic carbocycles. The third-order valence-electron chi connectivity index (χ3n) is 6.32. The van der Waals surface area contributed by atoms with Gasteiger partial charge in [-0.05, 0) is 73.7 Å². The average Bonchev–Trinajstić information content (AvgIpc) is 3.13. The van der Waals surface area contributed by atoms with Gasteiger partial charge >= 0.3 is 5.82 Å². The molecule has 0 aliphatic carbocycles. The van der Waals surface area contributed by atoms with E-state index in [1.54, 1.807) is 27.8 Å². The average molecular weight is 355 g/mol. The fourth-order valence-corrected chi connectivity index (χ4v) is 5.40. The zero-order chi connectivity index (χ0) is 19.2. The first-order valence-electron chi connectivity index (χ1n) is 10.6. The van der Waals surface area contributed by atoms with E-state index in [1.165, 1.54) is 17.2 Å². The lowest BCUT2D eigenvalue weighted by atomic mass is 9.78. The Hall–Kier alpha value is -1.64. The maximum absolute atomic E-state index is 5.16. The molecule has 26 heavy (non-hydrogen) atoms. The first kappa shape index (κ1) is 19.1. The number of nitrogens with zero attached hydrogens (tertiary/aromatic N) is 3. The molecule has 0 spiro atoms. The molecule has 1 aromatic heterocycles. The van der Waals surface area contributed by atoms with Gasteiger partial charge in [-0.3, -0.25) is 0 Å². The second-order valence-electron chi connectivity index (χ2n) is 7.87. The fourth-order valence-electron chi connectivity index (χ4n) is 5.40. The molecule has 0 amide bonds. The van der Waals surface area contributed by atoms with Crippen molar-refractivity contribution >= 4 is 0 Å².